The van der Waals surface area contributed by atoms with Crippen LogP contribution in [0.1, 0.15) is 41.7 Å². The average Bonchev–Trinajstić information content (AvgIpc) is 3.51. The number of aliphatic hydroxyl groups excluding tert-OH is 1. The highest BCUT2D eigenvalue weighted by Crippen LogP contribution is 2.44. The molecule has 0 fully saturated rings. The van der Waals surface area contributed by atoms with Crippen LogP contribution in [0.5, 0.6) is 17.2 Å². The summed E-state index contributed by atoms with van der Waals surface area (Å²) in [6.45, 7) is 3.21. The van der Waals surface area contributed by atoms with Crippen LogP contribution in [0.2, 0.25) is 0 Å². The number of amides is 1. The van der Waals surface area contributed by atoms with Gasteiger partial charge in [0.25, 0.3) is 5.91 Å². The van der Waals surface area contributed by atoms with Gasteiger partial charge in [-0.1, -0.05) is 59.7 Å². The number of nitrogens with one attached hydrogen (secondary N) is 1. The topological polar surface area (TPSA) is 147 Å². The molecule has 2 N–H and O–H groups in total. The molecule has 248 valence electrons. The number of aliphatic imine (C=N–C) groups is 1. The normalized spacial score (nSPS) is 16.6. The molecule has 0 radical (unpaired) electrons. The van der Waals surface area contributed by atoms with Crippen LogP contribution in [-0.4, -0.2) is 55.9 Å². The number of ether oxygens (including phenoxy) is 4. The van der Waals surface area contributed by atoms with Gasteiger partial charge in [-0.05, 0) is 78.0 Å². The third-order valence-electron chi connectivity index (χ3n) is 7.98. The molecule has 48 heavy (non-hydrogen) atoms. The van der Waals surface area contributed by atoms with Gasteiger partial charge in [0.05, 0.1) is 20.3 Å². The van der Waals surface area contributed by atoms with Crippen LogP contribution in [0.4, 0.5) is 5.69 Å². The second-order valence-corrected chi connectivity index (χ2v) is 11.1. The third kappa shape index (κ3) is 7.88. The number of para-hydroxylation sites is 1. The zero-order valence-corrected chi connectivity index (χ0v) is 27.0. The molecule has 0 bridgehead atoms. The predicted octanol–water partition coefficient (Wildman–Crippen LogP) is 6.66. The van der Waals surface area contributed by atoms with E-state index in [-0.39, 0.29) is 24.8 Å². The summed E-state index contributed by atoms with van der Waals surface area (Å²) >= 11 is 0. The first-order valence-electron chi connectivity index (χ1n) is 15.9. The Morgan fingerprint density at radius 2 is 1.77 bits per heavy atom. The van der Waals surface area contributed by atoms with Crippen LogP contribution in [0, 0.1) is 0 Å². The van der Waals surface area contributed by atoms with Crippen molar-refractivity contribution in [2.45, 2.75) is 37.8 Å². The summed E-state index contributed by atoms with van der Waals surface area (Å²) in [4.78, 5) is 22.8. The highest BCUT2D eigenvalue weighted by molar-refractivity contribution is 6.01. The maximum atomic E-state index is 14.7. The van der Waals surface area contributed by atoms with Gasteiger partial charge in [0, 0.05) is 42.2 Å². The van der Waals surface area contributed by atoms with Gasteiger partial charge in [-0.2, -0.15) is 0 Å². The molecule has 11 heteroatoms. The van der Waals surface area contributed by atoms with Gasteiger partial charge >= 0.3 is 0 Å². The number of aliphatic hydroxyl groups is 1. The van der Waals surface area contributed by atoms with E-state index in [1.54, 1.807) is 31.4 Å². The fourth-order valence-electron chi connectivity index (χ4n) is 5.65. The van der Waals surface area contributed by atoms with Crippen LogP contribution in [0.25, 0.3) is 10.4 Å². The standard InChI is InChI=1S/C37H39N5O6/c1-3-46-33-15-7-5-10-26(33)20-21-39-36(44)37(25-29-11-4-6-14-32(29)41-42-38)34(28-12-8-13-31(24-28)45-2)48-35(40-37)27-16-18-30(19-17-27)47-23-9-22-43/h4-8,10-19,24,34,43H,3,9,20-23,25H2,1-2H3,(H,39,44)/t34-,37-/m1/s1. The highest BCUT2D eigenvalue weighted by Gasteiger charge is 2.53. The predicted molar refractivity (Wildman–Crippen MR) is 183 cm³/mol. The number of carbonyl (C=O) groups excluding carboxylic acids is 1. The van der Waals surface area contributed by atoms with Crippen molar-refractivity contribution in [2.24, 2.45) is 10.1 Å². The molecule has 0 saturated heterocycles. The van der Waals surface area contributed by atoms with E-state index >= 15 is 0 Å². The molecule has 0 unspecified atom stereocenters. The molecule has 11 nitrogen and oxygen atoms in total. The van der Waals surface area contributed by atoms with E-state index in [9.17, 15) is 10.3 Å². The van der Waals surface area contributed by atoms with Crippen molar-refractivity contribution < 1.29 is 28.8 Å². The maximum absolute atomic E-state index is 14.7. The van der Waals surface area contributed by atoms with Gasteiger partial charge < -0.3 is 29.4 Å². The molecule has 0 spiro atoms. The van der Waals surface area contributed by atoms with Gasteiger partial charge in [-0.15, -0.1) is 0 Å². The van der Waals surface area contributed by atoms with E-state index in [4.69, 9.17) is 29.0 Å². The van der Waals surface area contributed by atoms with Gasteiger partial charge in [0.15, 0.2) is 11.6 Å². The summed E-state index contributed by atoms with van der Waals surface area (Å²) in [6.07, 6.45) is 0.271. The number of carbonyl (C=O) groups is 1. The first kappa shape index (κ1) is 33.8. The van der Waals surface area contributed by atoms with Crippen molar-refractivity contribution in [1.82, 2.24) is 5.32 Å². The van der Waals surface area contributed by atoms with E-state index in [0.29, 0.717) is 66.5 Å². The lowest BCUT2D eigenvalue weighted by Crippen LogP contribution is -2.50. The smallest absolute Gasteiger partial charge is 0.252 e. The molecular weight excluding hydrogens is 610 g/mol. The number of methoxy groups -OCH3 is 1. The Morgan fingerprint density at radius 1 is 1.00 bits per heavy atom. The molecule has 2 atom stereocenters. The first-order valence-corrected chi connectivity index (χ1v) is 15.9. The number of nitrogens with zero attached hydrogens (tertiary/aromatic N) is 4. The lowest BCUT2D eigenvalue weighted by atomic mass is 9.81. The first-order chi connectivity index (χ1) is 23.5. The van der Waals surface area contributed by atoms with Crippen LogP contribution >= 0.6 is 0 Å². The molecule has 0 aliphatic carbocycles. The zero-order valence-electron chi connectivity index (χ0n) is 27.0. The fraction of sp³-hybridized carbons (Fsp3) is 0.297. The molecular formula is C37H39N5O6. The fourth-order valence-corrected chi connectivity index (χ4v) is 5.65. The van der Waals surface area contributed by atoms with Gasteiger partial charge in [-0.25, -0.2) is 4.99 Å². The van der Waals surface area contributed by atoms with Gasteiger partial charge in [0.1, 0.15) is 17.2 Å². The lowest BCUT2D eigenvalue weighted by Gasteiger charge is -2.31. The minimum absolute atomic E-state index is 0.0420. The quantitative estimate of drug-likeness (QED) is 0.0601. The molecule has 0 saturated carbocycles. The van der Waals surface area contributed by atoms with Crippen LogP contribution in [0.3, 0.4) is 0 Å². The van der Waals surface area contributed by atoms with E-state index in [1.165, 1.54) is 0 Å². The summed E-state index contributed by atoms with van der Waals surface area (Å²) < 4.78 is 23.7. The van der Waals surface area contributed by atoms with E-state index < -0.39 is 11.6 Å². The number of hydrogen-bond donors (Lipinski definition) is 2. The van der Waals surface area contributed by atoms with Crippen molar-refractivity contribution >= 4 is 17.5 Å². The summed E-state index contributed by atoms with van der Waals surface area (Å²) in [5.74, 6) is 1.94. The van der Waals surface area contributed by atoms with Crippen LogP contribution < -0.4 is 19.5 Å². The van der Waals surface area contributed by atoms with Crippen molar-refractivity contribution in [3.05, 3.63) is 130 Å². The van der Waals surface area contributed by atoms with Crippen molar-refractivity contribution in [3.63, 3.8) is 0 Å². The Balaban J connectivity index is 1.56. The second-order valence-electron chi connectivity index (χ2n) is 11.1. The van der Waals surface area contributed by atoms with Crippen LogP contribution in [0.15, 0.2) is 107 Å². The Labute approximate surface area is 279 Å². The molecule has 1 aliphatic heterocycles. The van der Waals surface area contributed by atoms with Gasteiger partial charge in [0.2, 0.25) is 5.90 Å². The minimum Gasteiger partial charge on any atom is -0.497 e. The number of azide groups is 1. The largest absolute Gasteiger partial charge is 0.497 e. The molecule has 5 rings (SSSR count). The third-order valence-corrected chi connectivity index (χ3v) is 7.98. The van der Waals surface area contributed by atoms with Crippen molar-refractivity contribution in [2.75, 3.05) is 33.5 Å². The molecule has 4 aromatic carbocycles. The molecule has 1 amide bonds. The SMILES string of the molecule is CCOc1ccccc1CCNC(=O)[C@]1(Cc2ccccc2N=[N+]=[N-])N=C(c2ccc(OCCCO)cc2)O[C@@H]1c1cccc(OC)c1. The van der Waals surface area contributed by atoms with Crippen molar-refractivity contribution in [3.8, 4) is 17.2 Å². The highest BCUT2D eigenvalue weighted by atomic mass is 16.5. The van der Waals surface area contributed by atoms with E-state index in [2.05, 4.69) is 15.3 Å². The molecule has 1 heterocycles. The Morgan fingerprint density at radius 3 is 2.52 bits per heavy atom. The Bertz CT molecular complexity index is 1770. The van der Waals surface area contributed by atoms with Gasteiger partial charge in [-0.3, -0.25) is 4.79 Å². The summed E-state index contributed by atoms with van der Waals surface area (Å²) in [6, 6.07) is 29.5. The molecule has 1 aliphatic rings. The second kappa shape index (κ2) is 16.4. The van der Waals surface area contributed by atoms with E-state index in [1.807, 2.05) is 79.7 Å². The summed E-state index contributed by atoms with van der Waals surface area (Å²) in [7, 11) is 1.58. The number of rotatable bonds is 16. The molecule has 4 aromatic rings. The zero-order chi connectivity index (χ0) is 33.8. The summed E-state index contributed by atoms with van der Waals surface area (Å²) in [5.41, 5.74) is 11.2. The summed E-state index contributed by atoms with van der Waals surface area (Å²) in [5, 5.41) is 16.1. The Kier molecular flexibility index (Phi) is 11.5. The monoisotopic (exact) mass is 649 g/mol. The van der Waals surface area contributed by atoms with Crippen LogP contribution in [-0.2, 0) is 22.4 Å². The minimum atomic E-state index is -1.50. The number of hydrogen-bond acceptors (Lipinski definition) is 8. The van der Waals surface area contributed by atoms with Crippen molar-refractivity contribution in [1.29, 1.82) is 0 Å². The Hall–Kier alpha value is -5.51. The number of benzene rings is 4. The molecule has 0 aromatic heterocycles. The average molecular weight is 650 g/mol. The van der Waals surface area contributed by atoms with E-state index in [0.717, 1.165) is 11.3 Å². The maximum Gasteiger partial charge on any atom is 0.252 e. The lowest BCUT2D eigenvalue weighted by molar-refractivity contribution is -0.128.